The highest BCUT2D eigenvalue weighted by molar-refractivity contribution is 7.98. The molecule has 1 atom stereocenters. The van der Waals surface area contributed by atoms with Crippen LogP contribution in [-0.2, 0) is 4.79 Å². The van der Waals surface area contributed by atoms with Gasteiger partial charge in [0, 0.05) is 17.0 Å². The molecule has 0 aromatic heterocycles. The first-order valence-corrected chi connectivity index (χ1v) is 6.79. The summed E-state index contributed by atoms with van der Waals surface area (Å²) < 4.78 is 0. The molecule has 1 aliphatic heterocycles. The number of amides is 2. The van der Waals surface area contributed by atoms with Crippen LogP contribution in [0.5, 0.6) is 0 Å². The van der Waals surface area contributed by atoms with Gasteiger partial charge in [-0.05, 0) is 36.9 Å². The maximum absolute atomic E-state index is 12.1. The molecule has 0 spiro atoms. The summed E-state index contributed by atoms with van der Waals surface area (Å²) in [5.74, 6) is -0.710. The van der Waals surface area contributed by atoms with Crippen molar-refractivity contribution in [1.82, 2.24) is 10.4 Å². The van der Waals surface area contributed by atoms with Gasteiger partial charge in [0.1, 0.15) is 6.04 Å². The molecule has 1 fully saturated rings. The molecule has 1 heterocycles. The number of benzene rings is 1. The number of carbonyl (C=O) groups is 2. The van der Waals surface area contributed by atoms with Crippen LogP contribution in [0.1, 0.15) is 16.8 Å². The number of rotatable bonds is 3. The van der Waals surface area contributed by atoms with Crippen LogP contribution < -0.4 is 5.48 Å². The Morgan fingerprint density at radius 1 is 1.39 bits per heavy atom. The van der Waals surface area contributed by atoms with E-state index in [1.54, 1.807) is 29.4 Å². The van der Waals surface area contributed by atoms with E-state index in [-0.39, 0.29) is 5.91 Å². The molecule has 1 aromatic rings. The summed E-state index contributed by atoms with van der Waals surface area (Å²) in [7, 11) is 0. The molecule has 18 heavy (non-hydrogen) atoms. The molecular weight excluding hydrogens is 252 g/mol. The van der Waals surface area contributed by atoms with Crippen molar-refractivity contribution in [2.45, 2.75) is 17.4 Å². The Morgan fingerprint density at radius 2 is 2.06 bits per heavy atom. The molecule has 5 nitrogen and oxygen atoms in total. The Morgan fingerprint density at radius 3 is 2.50 bits per heavy atom. The molecule has 0 radical (unpaired) electrons. The van der Waals surface area contributed by atoms with E-state index in [2.05, 4.69) is 0 Å². The second-order valence-corrected chi connectivity index (χ2v) is 4.89. The summed E-state index contributed by atoms with van der Waals surface area (Å²) in [6, 6.07) is 6.70. The van der Waals surface area contributed by atoms with Gasteiger partial charge in [-0.15, -0.1) is 11.8 Å². The molecule has 0 aliphatic carbocycles. The van der Waals surface area contributed by atoms with Gasteiger partial charge in [-0.1, -0.05) is 0 Å². The third-order valence-corrected chi connectivity index (χ3v) is 3.77. The maximum atomic E-state index is 12.1. The largest absolute Gasteiger partial charge is 0.326 e. The van der Waals surface area contributed by atoms with Gasteiger partial charge in [-0.3, -0.25) is 14.8 Å². The maximum Gasteiger partial charge on any atom is 0.266 e. The summed E-state index contributed by atoms with van der Waals surface area (Å²) in [6.45, 7) is 0.543. The Hall–Kier alpha value is -1.53. The molecular formula is C12H14N2O3S. The van der Waals surface area contributed by atoms with Gasteiger partial charge >= 0.3 is 0 Å². The van der Waals surface area contributed by atoms with E-state index >= 15 is 0 Å². The van der Waals surface area contributed by atoms with Crippen molar-refractivity contribution in [3.05, 3.63) is 29.8 Å². The van der Waals surface area contributed by atoms with Crippen molar-refractivity contribution in [2.75, 3.05) is 12.8 Å². The molecule has 1 aromatic carbocycles. The van der Waals surface area contributed by atoms with Crippen LogP contribution in [0.4, 0.5) is 0 Å². The van der Waals surface area contributed by atoms with Crippen LogP contribution in [0.15, 0.2) is 29.2 Å². The Labute approximate surface area is 109 Å². The van der Waals surface area contributed by atoms with Gasteiger partial charge in [0.15, 0.2) is 0 Å². The second kappa shape index (κ2) is 5.41. The van der Waals surface area contributed by atoms with Crippen molar-refractivity contribution in [1.29, 1.82) is 0 Å². The number of hydrogen-bond donors (Lipinski definition) is 2. The van der Waals surface area contributed by atoms with E-state index < -0.39 is 11.9 Å². The van der Waals surface area contributed by atoms with E-state index in [1.165, 1.54) is 4.90 Å². The topological polar surface area (TPSA) is 69.6 Å². The minimum Gasteiger partial charge on any atom is -0.326 e. The predicted molar refractivity (Wildman–Crippen MR) is 67.6 cm³/mol. The molecule has 2 amide bonds. The zero-order chi connectivity index (χ0) is 13.1. The van der Waals surface area contributed by atoms with Gasteiger partial charge in [0.25, 0.3) is 11.8 Å². The first-order chi connectivity index (χ1) is 8.67. The van der Waals surface area contributed by atoms with Crippen molar-refractivity contribution in [2.24, 2.45) is 0 Å². The third kappa shape index (κ3) is 2.34. The number of nitrogens with zero attached hydrogens (tertiary/aromatic N) is 1. The first kappa shape index (κ1) is 12.9. The Balaban J connectivity index is 2.09. The fraction of sp³-hybridized carbons (Fsp3) is 0.333. The van der Waals surface area contributed by atoms with Gasteiger partial charge in [0.2, 0.25) is 0 Å². The molecule has 1 saturated heterocycles. The molecule has 6 heteroatoms. The van der Waals surface area contributed by atoms with Crippen molar-refractivity contribution < 1.29 is 14.8 Å². The highest BCUT2D eigenvalue weighted by atomic mass is 32.2. The Kier molecular flexibility index (Phi) is 3.88. The fourth-order valence-corrected chi connectivity index (χ4v) is 2.29. The predicted octanol–water partition coefficient (Wildman–Crippen LogP) is 1.13. The number of carbonyl (C=O) groups excluding carboxylic acids is 2. The first-order valence-electron chi connectivity index (χ1n) is 5.56. The second-order valence-electron chi connectivity index (χ2n) is 4.01. The highest BCUT2D eigenvalue weighted by Crippen LogP contribution is 2.22. The van der Waals surface area contributed by atoms with Crippen LogP contribution >= 0.6 is 11.8 Å². The third-order valence-electron chi connectivity index (χ3n) is 3.03. The Bertz CT molecular complexity index is 461. The van der Waals surface area contributed by atoms with Crippen molar-refractivity contribution >= 4 is 23.6 Å². The van der Waals surface area contributed by atoms with Crippen LogP contribution in [0.2, 0.25) is 0 Å². The van der Waals surface area contributed by atoms with Crippen LogP contribution in [0, 0.1) is 0 Å². The lowest BCUT2D eigenvalue weighted by Gasteiger charge is -2.39. The zero-order valence-electron chi connectivity index (χ0n) is 9.92. The molecule has 0 unspecified atom stereocenters. The van der Waals surface area contributed by atoms with E-state index in [9.17, 15) is 9.59 Å². The normalized spacial score (nSPS) is 18.1. The molecule has 0 saturated carbocycles. The van der Waals surface area contributed by atoms with Crippen molar-refractivity contribution in [3.8, 4) is 0 Å². The lowest BCUT2D eigenvalue weighted by molar-refractivity contribution is -0.137. The number of hydroxylamine groups is 1. The van der Waals surface area contributed by atoms with Gasteiger partial charge in [-0.25, -0.2) is 5.48 Å². The summed E-state index contributed by atoms with van der Waals surface area (Å²) in [5, 5.41) is 8.57. The van der Waals surface area contributed by atoms with E-state index in [0.29, 0.717) is 18.5 Å². The summed E-state index contributed by atoms with van der Waals surface area (Å²) in [4.78, 5) is 25.9. The van der Waals surface area contributed by atoms with Gasteiger partial charge in [-0.2, -0.15) is 0 Å². The average molecular weight is 266 g/mol. The number of thioether (sulfide) groups is 1. The lowest BCUT2D eigenvalue weighted by atomic mass is 10.0. The highest BCUT2D eigenvalue weighted by Gasteiger charge is 2.37. The van der Waals surface area contributed by atoms with Crippen LogP contribution in [-0.4, -0.2) is 40.8 Å². The zero-order valence-corrected chi connectivity index (χ0v) is 10.7. The molecule has 1 aliphatic rings. The molecule has 2 rings (SSSR count). The summed E-state index contributed by atoms with van der Waals surface area (Å²) in [5.41, 5.74) is 2.14. The summed E-state index contributed by atoms with van der Waals surface area (Å²) >= 11 is 1.60. The van der Waals surface area contributed by atoms with E-state index in [1.807, 2.05) is 18.4 Å². The van der Waals surface area contributed by atoms with Crippen molar-refractivity contribution in [3.63, 3.8) is 0 Å². The average Bonchev–Trinajstić information content (AvgIpc) is 2.37. The minimum atomic E-state index is -0.553. The van der Waals surface area contributed by atoms with Crippen LogP contribution in [0.25, 0.3) is 0 Å². The van der Waals surface area contributed by atoms with Gasteiger partial charge in [0.05, 0.1) is 0 Å². The molecule has 96 valence electrons. The molecule has 0 bridgehead atoms. The number of nitrogens with one attached hydrogen (secondary N) is 1. The standard InChI is InChI=1S/C12H14N2O3S/c1-18-9-4-2-8(3-5-9)12(16)14-7-6-10(14)11(15)13-17/h2-5,10,17H,6-7H2,1H3,(H,13,15)/t10-/m1/s1. The lowest BCUT2D eigenvalue weighted by Crippen LogP contribution is -2.57. The van der Waals surface area contributed by atoms with E-state index in [4.69, 9.17) is 5.21 Å². The monoisotopic (exact) mass is 266 g/mol. The molecule has 2 N–H and O–H groups in total. The van der Waals surface area contributed by atoms with E-state index in [0.717, 1.165) is 4.90 Å². The minimum absolute atomic E-state index is 0.178. The smallest absolute Gasteiger partial charge is 0.266 e. The SMILES string of the molecule is CSc1ccc(C(=O)N2CC[C@@H]2C(=O)NO)cc1. The fourth-order valence-electron chi connectivity index (χ4n) is 1.88. The summed E-state index contributed by atoms with van der Waals surface area (Å²) in [6.07, 6.45) is 2.55. The van der Waals surface area contributed by atoms with Crippen LogP contribution in [0.3, 0.4) is 0 Å². The number of likely N-dealkylation sites (tertiary alicyclic amines) is 1. The van der Waals surface area contributed by atoms with Gasteiger partial charge < -0.3 is 4.90 Å². The quantitative estimate of drug-likeness (QED) is 0.489. The number of hydrogen-bond acceptors (Lipinski definition) is 4.